The SMILES string of the molecule is CCNCc1cc(C(C)C)nc(N(C)C2CCSC2)c1. The zero-order chi connectivity index (χ0) is 14.5. The highest BCUT2D eigenvalue weighted by Gasteiger charge is 2.21. The molecule has 1 fully saturated rings. The molecule has 1 aliphatic heterocycles. The maximum atomic E-state index is 4.87. The van der Waals surface area contributed by atoms with Crippen LogP contribution in [-0.4, -0.2) is 36.1 Å². The van der Waals surface area contributed by atoms with Crippen molar-refractivity contribution >= 4 is 17.6 Å². The molecule has 20 heavy (non-hydrogen) atoms. The lowest BCUT2D eigenvalue weighted by molar-refractivity contribution is 0.680. The zero-order valence-corrected chi connectivity index (χ0v) is 14.0. The first-order chi connectivity index (χ1) is 9.61. The van der Waals surface area contributed by atoms with Crippen molar-refractivity contribution in [1.82, 2.24) is 10.3 Å². The number of pyridine rings is 1. The Hall–Kier alpha value is -0.740. The summed E-state index contributed by atoms with van der Waals surface area (Å²) in [6, 6.07) is 5.13. The highest BCUT2D eigenvalue weighted by atomic mass is 32.2. The summed E-state index contributed by atoms with van der Waals surface area (Å²) in [7, 11) is 2.19. The van der Waals surface area contributed by atoms with Gasteiger partial charge in [-0.3, -0.25) is 0 Å². The van der Waals surface area contributed by atoms with Gasteiger partial charge in [0.1, 0.15) is 5.82 Å². The van der Waals surface area contributed by atoms with Crippen molar-refractivity contribution < 1.29 is 0 Å². The quantitative estimate of drug-likeness (QED) is 0.871. The first-order valence-electron chi connectivity index (χ1n) is 7.64. The number of aromatic nitrogens is 1. The Morgan fingerprint density at radius 3 is 2.85 bits per heavy atom. The molecular weight excluding hydrogens is 266 g/mol. The van der Waals surface area contributed by atoms with Crippen LogP contribution in [0.4, 0.5) is 5.82 Å². The van der Waals surface area contributed by atoms with Gasteiger partial charge in [0.25, 0.3) is 0 Å². The second-order valence-corrected chi connectivity index (χ2v) is 6.97. The fourth-order valence-corrected chi connectivity index (χ4v) is 3.72. The number of rotatable bonds is 6. The molecule has 0 amide bonds. The van der Waals surface area contributed by atoms with E-state index < -0.39 is 0 Å². The molecule has 1 N–H and O–H groups in total. The van der Waals surface area contributed by atoms with E-state index in [9.17, 15) is 0 Å². The second kappa shape index (κ2) is 7.32. The van der Waals surface area contributed by atoms with Gasteiger partial charge < -0.3 is 10.2 Å². The minimum Gasteiger partial charge on any atom is -0.356 e. The van der Waals surface area contributed by atoms with E-state index in [1.807, 2.05) is 0 Å². The van der Waals surface area contributed by atoms with Gasteiger partial charge >= 0.3 is 0 Å². The maximum absolute atomic E-state index is 4.87. The van der Waals surface area contributed by atoms with Crippen LogP contribution in [0, 0.1) is 0 Å². The van der Waals surface area contributed by atoms with Gasteiger partial charge in [-0.05, 0) is 42.3 Å². The molecule has 0 radical (unpaired) electrons. The van der Waals surface area contributed by atoms with E-state index in [0.717, 1.165) is 18.9 Å². The minimum atomic E-state index is 0.474. The summed E-state index contributed by atoms with van der Waals surface area (Å²) in [5, 5.41) is 3.42. The van der Waals surface area contributed by atoms with E-state index in [4.69, 9.17) is 4.98 Å². The first kappa shape index (κ1) is 15.6. The Morgan fingerprint density at radius 2 is 2.25 bits per heavy atom. The number of hydrogen-bond donors (Lipinski definition) is 1. The van der Waals surface area contributed by atoms with Gasteiger partial charge in [0, 0.05) is 31.1 Å². The molecule has 0 aromatic carbocycles. The third-order valence-electron chi connectivity index (χ3n) is 3.88. The fraction of sp³-hybridized carbons (Fsp3) is 0.688. The Labute approximate surface area is 127 Å². The Kier molecular flexibility index (Phi) is 5.73. The monoisotopic (exact) mass is 293 g/mol. The van der Waals surface area contributed by atoms with Crippen LogP contribution in [0.25, 0.3) is 0 Å². The van der Waals surface area contributed by atoms with Crippen LogP contribution in [0.15, 0.2) is 12.1 Å². The van der Waals surface area contributed by atoms with Crippen molar-refractivity contribution in [2.75, 3.05) is 30.0 Å². The molecule has 1 aromatic rings. The van der Waals surface area contributed by atoms with E-state index in [0.29, 0.717) is 12.0 Å². The molecule has 3 nitrogen and oxygen atoms in total. The molecule has 1 aliphatic rings. The molecule has 2 heterocycles. The third kappa shape index (κ3) is 3.89. The van der Waals surface area contributed by atoms with Gasteiger partial charge in [0.05, 0.1) is 0 Å². The van der Waals surface area contributed by atoms with Gasteiger partial charge in [-0.15, -0.1) is 0 Å². The molecule has 0 saturated carbocycles. The number of thioether (sulfide) groups is 1. The highest BCUT2D eigenvalue weighted by Crippen LogP contribution is 2.27. The van der Waals surface area contributed by atoms with Crippen molar-refractivity contribution in [2.45, 2.75) is 45.7 Å². The van der Waals surface area contributed by atoms with Crippen LogP contribution in [0.2, 0.25) is 0 Å². The summed E-state index contributed by atoms with van der Waals surface area (Å²) in [6.45, 7) is 8.51. The van der Waals surface area contributed by atoms with Crippen LogP contribution in [0.5, 0.6) is 0 Å². The summed E-state index contributed by atoms with van der Waals surface area (Å²) < 4.78 is 0. The topological polar surface area (TPSA) is 28.2 Å². The van der Waals surface area contributed by atoms with Gasteiger partial charge in [0.2, 0.25) is 0 Å². The Morgan fingerprint density at radius 1 is 1.45 bits per heavy atom. The standard InChI is InChI=1S/C16H27N3S/c1-5-17-10-13-8-15(12(2)3)18-16(9-13)19(4)14-6-7-20-11-14/h8-9,12,14,17H,5-7,10-11H2,1-4H3. The van der Waals surface area contributed by atoms with Crippen LogP contribution in [-0.2, 0) is 6.54 Å². The average Bonchev–Trinajstić information content (AvgIpc) is 2.98. The van der Waals surface area contributed by atoms with Gasteiger partial charge in [-0.1, -0.05) is 20.8 Å². The van der Waals surface area contributed by atoms with Gasteiger partial charge in [-0.2, -0.15) is 11.8 Å². The van der Waals surface area contributed by atoms with E-state index in [1.165, 1.54) is 29.2 Å². The van der Waals surface area contributed by atoms with Crippen LogP contribution in [0.1, 0.15) is 44.4 Å². The van der Waals surface area contributed by atoms with Crippen molar-refractivity contribution in [2.24, 2.45) is 0 Å². The number of nitrogens with one attached hydrogen (secondary N) is 1. The lowest BCUT2D eigenvalue weighted by atomic mass is 10.1. The molecule has 0 aliphatic carbocycles. The lowest BCUT2D eigenvalue weighted by Gasteiger charge is -2.26. The van der Waals surface area contributed by atoms with Crippen LogP contribution in [0.3, 0.4) is 0 Å². The molecule has 1 atom stereocenters. The van der Waals surface area contributed by atoms with E-state index >= 15 is 0 Å². The molecule has 1 aromatic heterocycles. The second-order valence-electron chi connectivity index (χ2n) is 5.82. The summed E-state index contributed by atoms with van der Waals surface area (Å²) in [5.74, 6) is 4.12. The van der Waals surface area contributed by atoms with Crippen molar-refractivity contribution in [3.05, 3.63) is 23.4 Å². The van der Waals surface area contributed by atoms with Crippen LogP contribution >= 0.6 is 11.8 Å². The molecule has 0 bridgehead atoms. The fourth-order valence-electron chi connectivity index (χ4n) is 2.46. The van der Waals surface area contributed by atoms with Gasteiger partial charge in [0.15, 0.2) is 0 Å². The summed E-state index contributed by atoms with van der Waals surface area (Å²) in [5.41, 5.74) is 2.55. The smallest absolute Gasteiger partial charge is 0.129 e. The minimum absolute atomic E-state index is 0.474. The predicted octanol–water partition coefficient (Wildman–Crippen LogP) is 3.26. The summed E-state index contributed by atoms with van der Waals surface area (Å²) in [6.07, 6.45) is 1.28. The molecule has 2 rings (SSSR count). The van der Waals surface area contributed by atoms with E-state index in [2.05, 4.69) is 61.9 Å². The number of anilines is 1. The molecule has 1 saturated heterocycles. The third-order valence-corrected chi connectivity index (χ3v) is 5.02. The van der Waals surface area contributed by atoms with Gasteiger partial charge in [-0.25, -0.2) is 4.98 Å². The van der Waals surface area contributed by atoms with E-state index in [-0.39, 0.29) is 0 Å². The van der Waals surface area contributed by atoms with E-state index in [1.54, 1.807) is 0 Å². The maximum Gasteiger partial charge on any atom is 0.129 e. The Bertz CT molecular complexity index is 428. The summed E-state index contributed by atoms with van der Waals surface area (Å²) >= 11 is 2.05. The summed E-state index contributed by atoms with van der Waals surface area (Å²) in [4.78, 5) is 7.25. The van der Waals surface area contributed by atoms with Crippen molar-refractivity contribution in [3.8, 4) is 0 Å². The average molecular weight is 293 g/mol. The highest BCUT2D eigenvalue weighted by molar-refractivity contribution is 7.99. The largest absolute Gasteiger partial charge is 0.356 e. The number of nitrogens with zero attached hydrogens (tertiary/aromatic N) is 2. The first-order valence-corrected chi connectivity index (χ1v) is 8.79. The molecule has 112 valence electrons. The zero-order valence-electron chi connectivity index (χ0n) is 13.1. The normalized spacial score (nSPS) is 18.8. The molecule has 1 unspecified atom stereocenters. The Balaban J connectivity index is 2.23. The van der Waals surface area contributed by atoms with Crippen LogP contribution < -0.4 is 10.2 Å². The molecule has 0 spiro atoms. The van der Waals surface area contributed by atoms with Crippen molar-refractivity contribution in [1.29, 1.82) is 0 Å². The number of hydrogen-bond acceptors (Lipinski definition) is 4. The predicted molar refractivity (Wildman–Crippen MR) is 89.8 cm³/mol. The lowest BCUT2D eigenvalue weighted by Crippen LogP contribution is -2.32. The molecular formula is C16H27N3S. The molecule has 4 heteroatoms. The van der Waals surface area contributed by atoms with Crippen molar-refractivity contribution in [3.63, 3.8) is 0 Å².